The van der Waals surface area contributed by atoms with Crippen molar-refractivity contribution in [3.63, 3.8) is 0 Å². The predicted octanol–water partition coefficient (Wildman–Crippen LogP) is 2.77. The van der Waals surface area contributed by atoms with Crippen molar-refractivity contribution in [1.82, 2.24) is 10.3 Å². The summed E-state index contributed by atoms with van der Waals surface area (Å²) in [6.45, 7) is 4.34. The van der Waals surface area contributed by atoms with Gasteiger partial charge in [-0.2, -0.15) is 0 Å². The van der Waals surface area contributed by atoms with E-state index in [-0.39, 0.29) is 30.9 Å². The van der Waals surface area contributed by atoms with Gasteiger partial charge in [-0.15, -0.1) is 0 Å². The fraction of sp³-hybridized carbons (Fsp3) is 0.280. The van der Waals surface area contributed by atoms with Gasteiger partial charge in [-0.05, 0) is 55.8 Å². The number of anilines is 3. The van der Waals surface area contributed by atoms with E-state index in [0.29, 0.717) is 23.5 Å². The third-order valence-corrected chi connectivity index (χ3v) is 5.72. The second-order valence-electron chi connectivity index (χ2n) is 8.29. The van der Waals surface area contributed by atoms with Crippen LogP contribution >= 0.6 is 0 Å². The van der Waals surface area contributed by atoms with E-state index in [2.05, 4.69) is 20.5 Å². The monoisotopic (exact) mass is 477 g/mol. The number of aliphatic carboxylic acids is 1. The number of allylic oxidation sites excluding steroid dienone is 3. The SMILES string of the molecule is C/C(=C\C=C(/C)C(=N)N)NCC1Nc2cc(C(=O)N(CCC(=O)O)c3ccccn3)ccc2N1C. The van der Waals surface area contributed by atoms with Crippen molar-refractivity contribution in [1.29, 1.82) is 5.41 Å². The van der Waals surface area contributed by atoms with Crippen LogP contribution in [0.25, 0.3) is 0 Å². The zero-order valence-corrected chi connectivity index (χ0v) is 20.1. The van der Waals surface area contributed by atoms with Crippen molar-refractivity contribution in [2.45, 2.75) is 26.4 Å². The van der Waals surface area contributed by atoms with Crippen LogP contribution < -0.4 is 26.2 Å². The van der Waals surface area contributed by atoms with Gasteiger partial charge in [-0.3, -0.25) is 19.9 Å². The van der Waals surface area contributed by atoms with Crippen molar-refractivity contribution < 1.29 is 14.7 Å². The Morgan fingerprint density at radius 1 is 1.29 bits per heavy atom. The lowest BCUT2D eigenvalue weighted by Crippen LogP contribution is -2.40. The van der Waals surface area contributed by atoms with Crippen molar-refractivity contribution in [2.24, 2.45) is 5.73 Å². The number of amidine groups is 1. The Morgan fingerprint density at radius 3 is 2.71 bits per heavy atom. The molecule has 0 aliphatic carbocycles. The van der Waals surface area contributed by atoms with Crippen LogP contribution in [0, 0.1) is 5.41 Å². The number of benzene rings is 1. The first kappa shape index (κ1) is 25.3. The summed E-state index contributed by atoms with van der Waals surface area (Å²) in [5.74, 6) is -0.855. The molecule has 2 aromatic rings. The highest BCUT2D eigenvalue weighted by molar-refractivity contribution is 6.07. The van der Waals surface area contributed by atoms with Crippen LogP contribution in [0.2, 0.25) is 0 Å². The number of nitrogens with two attached hydrogens (primary N) is 1. The van der Waals surface area contributed by atoms with Crippen molar-refractivity contribution in [3.8, 4) is 0 Å². The molecule has 1 aliphatic rings. The minimum atomic E-state index is -0.984. The van der Waals surface area contributed by atoms with Crippen LogP contribution in [-0.4, -0.2) is 54.1 Å². The molecule has 3 rings (SSSR count). The third-order valence-electron chi connectivity index (χ3n) is 5.72. The summed E-state index contributed by atoms with van der Waals surface area (Å²) in [6, 6.07) is 10.6. The van der Waals surface area contributed by atoms with E-state index >= 15 is 0 Å². The summed E-state index contributed by atoms with van der Waals surface area (Å²) >= 11 is 0. The van der Waals surface area contributed by atoms with E-state index < -0.39 is 5.97 Å². The second-order valence-corrected chi connectivity index (χ2v) is 8.29. The minimum Gasteiger partial charge on any atom is -0.481 e. The number of amides is 1. The van der Waals surface area contributed by atoms with Gasteiger partial charge in [-0.1, -0.05) is 12.1 Å². The Kier molecular flexibility index (Phi) is 8.08. The van der Waals surface area contributed by atoms with E-state index in [0.717, 1.165) is 17.1 Å². The van der Waals surface area contributed by atoms with Crippen LogP contribution in [0.1, 0.15) is 30.6 Å². The predicted molar refractivity (Wildman–Crippen MR) is 138 cm³/mol. The van der Waals surface area contributed by atoms with Gasteiger partial charge in [0.25, 0.3) is 5.91 Å². The first-order chi connectivity index (χ1) is 16.7. The normalized spacial score (nSPS) is 15.3. The number of pyridine rings is 1. The highest BCUT2D eigenvalue weighted by Crippen LogP contribution is 2.34. The lowest BCUT2D eigenvalue weighted by Gasteiger charge is -2.23. The fourth-order valence-corrected chi connectivity index (χ4v) is 3.58. The highest BCUT2D eigenvalue weighted by Gasteiger charge is 2.27. The van der Waals surface area contributed by atoms with E-state index in [9.17, 15) is 9.59 Å². The van der Waals surface area contributed by atoms with Crippen molar-refractivity contribution in [3.05, 3.63) is 71.6 Å². The van der Waals surface area contributed by atoms with E-state index in [4.69, 9.17) is 16.2 Å². The highest BCUT2D eigenvalue weighted by atomic mass is 16.4. The zero-order valence-electron chi connectivity index (χ0n) is 20.1. The number of hydrogen-bond donors (Lipinski definition) is 5. The maximum atomic E-state index is 13.3. The lowest BCUT2D eigenvalue weighted by molar-refractivity contribution is -0.136. The largest absolute Gasteiger partial charge is 0.481 e. The van der Waals surface area contributed by atoms with E-state index in [1.54, 1.807) is 49.5 Å². The molecule has 0 saturated carbocycles. The van der Waals surface area contributed by atoms with Crippen molar-refractivity contribution in [2.75, 3.05) is 35.3 Å². The van der Waals surface area contributed by atoms with Gasteiger partial charge in [0.05, 0.1) is 24.3 Å². The molecule has 1 aromatic heterocycles. The number of carbonyl (C=O) groups excluding carboxylic acids is 1. The number of hydrogen-bond acceptors (Lipinski definition) is 7. The Balaban J connectivity index is 1.73. The number of carboxylic acid groups (broad SMARTS) is 1. The van der Waals surface area contributed by atoms with Gasteiger partial charge in [0.2, 0.25) is 0 Å². The van der Waals surface area contributed by atoms with Gasteiger partial charge in [-0.25, -0.2) is 4.98 Å². The summed E-state index contributed by atoms with van der Waals surface area (Å²) in [6.07, 6.45) is 5.01. The molecule has 10 nitrogen and oxygen atoms in total. The summed E-state index contributed by atoms with van der Waals surface area (Å²) in [5.41, 5.74) is 9.30. The van der Waals surface area contributed by atoms with Crippen LogP contribution in [0.4, 0.5) is 17.2 Å². The van der Waals surface area contributed by atoms with Crippen LogP contribution in [0.5, 0.6) is 0 Å². The van der Waals surface area contributed by atoms with E-state index in [1.165, 1.54) is 4.90 Å². The molecule has 1 amide bonds. The summed E-state index contributed by atoms with van der Waals surface area (Å²) in [7, 11) is 1.97. The first-order valence-electron chi connectivity index (χ1n) is 11.2. The molecule has 184 valence electrons. The third kappa shape index (κ3) is 6.38. The maximum Gasteiger partial charge on any atom is 0.305 e. The molecule has 2 heterocycles. The lowest BCUT2D eigenvalue weighted by atomic mass is 10.1. The molecule has 35 heavy (non-hydrogen) atoms. The van der Waals surface area contributed by atoms with Crippen molar-refractivity contribution >= 4 is 34.9 Å². The Bertz CT molecular complexity index is 1160. The fourth-order valence-electron chi connectivity index (χ4n) is 3.58. The average molecular weight is 478 g/mol. The number of fused-ring (bicyclic) bond motifs is 1. The number of nitrogens with zero attached hydrogens (tertiary/aromatic N) is 3. The first-order valence-corrected chi connectivity index (χ1v) is 11.2. The summed E-state index contributed by atoms with van der Waals surface area (Å²) < 4.78 is 0. The molecular weight excluding hydrogens is 446 g/mol. The number of carboxylic acids is 1. The number of carbonyl (C=O) groups is 2. The number of aromatic nitrogens is 1. The van der Waals surface area contributed by atoms with E-state index in [1.807, 2.05) is 26.1 Å². The van der Waals surface area contributed by atoms with Gasteiger partial charge in [0.1, 0.15) is 17.8 Å². The van der Waals surface area contributed by atoms with Crippen LogP contribution in [-0.2, 0) is 4.79 Å². The molecule has 0 saturated heterocycles. The average Bonchev–Trinajstić information content (AvgIpc) is 3.16. The summed E-state index contributed by atoms with van der Waals surface area (Å²) in [4.78, 5) is 32.1. The minimum absolute atomic E-state index is 0.0191. The standard InChI is InChI=1S/C25H31N7O3/c1-16(24(26)27)7-8-17(2)29-15-22-30-19-14-18(9-10-20(19)31(22)3)25(35)32(13-11-23(33)34)21-6-4-5-12-28-21/h4-10,12,14,22,29-30H,11,13,15H2,1-3H3,(H3,26,27)(H,33,34)/b16-7+,17-8+. The molecule has 0 radical (unpaired) electrons. The van der Waals surface area contributed by atoms with Gasteiger partial charge in [0.15, 0.2) is 0 Å². The molecule has 0 spiro atoms. The Morgan fingerprint density at radius 2 is 2.06 bits per heavy atom. The van der Waals surface area contributed by atoms with Crippen LogP contribution in [0.3, 0.4) is 0 Å². The number of likely N-dealkylation sites (N-methyl/N-ethyl adjacent to an activating group) is 1. The quantitative estimate of drug-likeness (QED) is 0.199. The topological polar surface area (TPSA) is 148 Å². The molecule has 1 atom stereocenters. The molecular formula is C25H31N7O3. The molecule has 0 bridgehead atoms. The molecule has 1 aliphatic heterocycles. The Hall–Kier alpha value is -4.34. The Labute approximate surface area is 204 Å². The van der Waals surface area contributed by atoms with Gasteiger partial charge < -0.3 is 26.4 Å². The molecule has 10 heteroatoms. The smallest absolute Gasteiger partial charge is 0.305 e. The molecule has 1 aromatic carbocycles. The number of nitrogens with one attached hydrogen (secondary N) is 3. The molecule has 1 unspecified atom stereocenters. The van der Waals surface area contributed by atoms with Gasteiger partial charge >= 0.3 is 5.97 Å². The molecule has 6 N–H and O–H groups in total. The van der Waals surface area contributed by atoms with Crippen LogP contribution in [0.15, 0.2) is 66.0 Å². The zero-order chi connectivity index (χ0) is 25.5. The number of rotatable bonds is 10. The maximum absolute atomic E-state index is 13.3. The second kappa shape index (κ2) is 11.2. The van der Waals surface area contributed by atoms with Gasteiger partial charge in [0, 0.05) is 31.0 Å². The molecule has 0 fully saturated rings. The summed E-state index contributed by atoms with van der Waals surface area (Å²) in [5, 5.41) is 23.3.